The first kappa shape index (κ1) is 20.6. The van der Waals surface area contributed by atoms with Crippen molar-refractivity contribution in [3.05, 3.63) is 59.2 Å². The molecule has 0 bridgehead atoms. The van der Waals surface area contributed by atoms with Crippen LogP contribution in [0.2, 0.25) is 0 Å². The molecule has 1 heterocycles. The van der Waals surface area contributed by atoms with Gasteiger partial charge in [-0.15, -0.1) is 0 Å². The van der Waals surface area contributed by atoms with Crippen LogP contribution in [0.1, 0.15) is 34.8 Å². The zero-order chi connectivity index (χ0) is 21.2. The van der Waals surface area contributed by atoms with E-state index in [0.717, 1.165) is 18.6 Å². The third-order valence-corrected chi connectivity index (χ3v) is 4.53. The van der Waals surface area contributed by atoms with Crippen LogP contribution in [0.5, 0.6) is 5.75 Å². The van der Waals surface area contributed by atoms with Gasteiger partial charge in [-0.3, -0.25) is 0 Å². The molecule has 0 aliphatic carbocycles. The van der Waals surface area contributed by atoms with E-state index in [9.17, 15) is 18.0 Å². The second-order valence-corrected chi connectivity index (χ2v) is 6.56. The molecular weight excluding hydrogens is 383 g/mol. The van der Waals surface area contributed by atoms with Crippen molar-refractivity contribution in [2.24, 2.45) is 0 Å². The fourth-order valence-electron chi connectivity index (χ4n) is 3.14. The summed E-state index contributed by atoms with van der Waals surface area (Å²) in [6.07, 6.45) is -3.66. The van der Waals surface area contributed by atoms with Gasteiger partial charge in [-0.1, -0.05) is 19.1 Å². The van der Waals surface area contributed by atoms with Crippen LogP contribution < -0.4 is 4.74 Å². The summed E-state index contributed by atoms with van der Waals surface area (Å²) < 4.78 is 50.0. The highest BCUT2D eigenvalue weighted by atomic mass is 19.4. The Balaban J connectivity index is 2.26. The smallest absolute Gasteiger partial charge is 0.416 e. The van der Waals surface area contributed by atoms with Crippen LogP contribution in [-0.4, -0.2) is 24.7 Å². The molecule has 0 saturated heterocycles. The molecule has 7 heteroatoms. The molecule has 152 valence electrons. The largest absolute Gasteiger partial charge is 0.494 e. The van der Waals surface area contributed by atoms with Crippen LogP contribution >= 0.6 is 0 Å². The molecular formula is C22H20F3NO3. The summed E-state index contributed by atoms with van der Waals surface area (Å²) in [6, 6.07) is 10.0. The Kier molecular flexibility index (Phi) is 5.77. The van der Waals surface area contributed by atoms with E-state index in [4.69, 9.17) is 9.47 Å². The molecule has 0 aliphatic rings. The average molecular weight is 403 g/mol. The van der Waals surface area contributed by atoms with Crippen molar-refractivity contribution >= 4 is 16.9 Å². The molecule has 4 nitrogen and oxygen atoms in total. The number of halogens is 3. The van der Waals surface area contributed by atoms with Crippen LogP contribution in [0.3, 0.4) is 0 Å². The number of pyridine rings is 1. The zero-order valence-corrected chi connectivity index (χ0v) is 16.3. The van der Waals surface area contributed by atoms with E-state index in [2.05, 4.69) is 4.98 Å². The molecule has 2 aromatic carbocycles. The minimum Gasteiger partial charge on any atom is -0.494 e. The molecule has 3 aromatic rings. The average Bonchev–Trinajstić information content (AvgIpc) is 2.70. The third-order valence-electron chi connectivity index (χ3n) is 4.53. The lowest BCUT2D eigenvalue weighted by Crippen LogP contribution is -2.09. The highest BCUT2D eigenvalue weighted by molar-refractivity contribution is 6.06. The Morgan fingerprint density at radius 1 is 1.14 bits per heavy atom. The monoisotopic (exact) mass is 403 g/mol. The summed E-state index contributed by atoms with van der Waals surface area (Å²) in [5.41, 5.74) is 0.937. The molecule has 0 aliphatic heterocycles. The van der Waals surface area contributed by atoms with Gasteiger partial charge in [0.2, 0.25) is 0 Å². The number of benzene rings is 2. The number of fused-ring (bicyclic) bond motifs is 1. The number of aromatic nitrogens is 1. The molecule has 0 unspecified atom stereocenters. The standard InChI is InChI=1S/C22H20F3NO3/c1-4-10-29-16-8-9-17-18(12-16)26-20(13(2)19(17)21(27)28-3)14-6-5-7-15(11-14)22(23,24)25/h5-9,11-12H,4,10H2,1-3H3. The molecule has 0 amide bonds. The van der Waals surface area contributed by atoms with Crippen molar-refractivity contribution in [2.75, 3.05) is 13.7 Å². The summed E-state index contributed by atoms with van der Waals surface area (Å²) in [7, 11) is 1.26. The first-order chi connectivity index (χ1) is 13.8. The Morgan fingerprint density at radius 3 is 2.55 bits per heavy atom. The van der Waals surface area contributed by atoms with Crippen LogP contribution in [0.15, 0.2) is 42.5 Å². The van der Waals surface area contributed by atoms with Gasteiger partial charge in [0.05, 0.1) is 36.1 Å². The Morgan fingerprint density at radius 2 is 1.90 bits per heavy atom. The van der Waals surface area contributed by atoms with Crippen molar-refractivity contribution in [1.29, 1.82) is 0 Å². The van der Waals surface area contributed by atoms with Gasteiger partial charge in [-0.2, -0.15) is 13.2 Å². The van der Waals surface area contributed by atoms with Gasteiger partial charge in [-0.25, -0.2) is 9.78 Å². The SMILES string of the molecule is CCCOc1ccc2c(C(=O)OC)c(C)c(-c3cccc(C(F)(F)F)c3)nc2c1. The molecule has 0 fully saturated rings. The molecule has 0 atom stereocenters. The van der Waals surface area contributed by atoms with E-state index in [-0.39, 0.29) is 16.8 Å². The van der Waals surface area contributed by atoms with Crippen molar-refractivity contribution in [1.82, 2.24) is 4.98 Å². The first-order valence-corrected chi connectivity index (χ1v) is 9.09. The van der Waals surface area contributed by atoms with Crippen LogP contribution in [-0.2, 0) is 10.9 Å². The number of hydrogen-bond donors (Lipinski definition) is 0. The van der Waals surface area contributed by atoms with Crippen molar-refractivity contribution in [3.63, 3.8) is 0 Å². The molecule has 0 spiro atoms. The maximum absolute atomic E-state index is 13.2. The number of carbonyl (C=O) groups excluding carboxylic acids is 1. The van der Waals surface area contributed by atoms with Gasteiger partial charge < -0.3 is 9.47 Å². The molecule has 0 radical (unpaired) electrons. The Labute approximate surface area is 166 Å². The van der Waals surface area contributed by atoms with Gasteiger partial charge in [0, 0.05) is 17.0 Å². The number of nitrogens with zero attached hydrogens (tertiary/aromatic N) is 1. The number of carbonyl (C=O) groups is 1. The summed E-state index contributed by atoms with van der Waals surface area (Å²) in [4.78, 5) is 17.0. The zero-order valence-electron chi connectivity index (χ0n) is 16.3. The summed E-state index contributed by atoms with van der Waals surface area (Å²) in [5, 5.41) is 0.550. The molecule has 29 heavy (non-hydrogen) atoms. The number of methoxy groups -OCH3 is 1. The van der Waals surface area contributed by atoms with E-state index < -0.39 is 17.7 Å². The first-order valence-electron chi connectivity index (χ1n) is 9.09. The van der Waals surface area contributed by atoms with Crippen LogP contribution in [0, 0.1) is 6.92 Å². The fourth-order valence-corrected chi connectivity index (χ4v) is 3.14. The van der Waals surface area contributed by atoms with E-state index in [1.807, 2.05) is 6.92 Å². The van der Waals surface area contributed by atoms with Crippen molar-refractivity contribution in [2.45, 2.75) is 26.4 Å². The number of rotatable bonds is 5. The van der Waals surface area contributed by atoms with E-state index in [1.54, 1.807) is 25.1 Å². The second-order valence-electron chi connectivity index (χ2n) is 6.56. The topological polar surface area (TPSA) is 48.4 Å². The predicted octanol–water partition coefficient (Wildman–Crippen LogP) is 5.80. The lowest BCUT2D eigenvalue weighted by atomic mass is 9.96. The number of esters is 1. The highest BCUT2D eigenvalue weighted by Gasteiger charge is 2.31. The lowest BCUT2D eigenvalue weighted by Gasteiger charge is -2.15. The van der Waals surface area contributed by atoms with Crippen molar-refractivity contribution < 1.29 is 27.4 Å². The Hall–Kier alpha value is -3.09. The fraction of sp³-hybridized carbons (Fsp3) is 0.273. The Bertz CT molecular complexity index is 1060. The third kappa shape index (κ3) is 4.18. The predicted molar refractivity (Wildman–Crippen MR) is 104 cm³/mol. The maximum atomic E-state index is 13.2. The minimum atomic E-state index is -4.48. The highest BCUT2D eigenvalue weighted by Crippen LogP contribution is 2.35. The summed E-state index contributed by atoms with van der Waals surface area (Å²) in [6.45, 7) is 4.14. The van der Waals surface area contributed by atoms with Gasteiger partial charge >= 0.3 is 12.1 Å². The van der Waals surface area contributed by atoms with E-state index in [0.29, 0.717) is 28.8 Å². The summed E-state index contributed by atoms with van der Waals surface area (Å²) >= 11 is 0. The van der Waals surface area contributed by atoms with Crippen LogP contribution in [0.4, 0.5) is 13.2 Å². The quantitative estimate of drug-likeness (QED) is 0.505. The van der Waals surface area contributed by atoms with E-state index >= 15 is 0 Å². The second kappa shape index (κ2) is 8.11. The number of hydrogen-bond acceptors (Lipinski definition) is 4. The molecule has 0 saturated carbocycles. The molecule has 0 N–H and O–H groups in total. The number of ether oxygens (including phenoxy) is 2. The van der Waals surface area contributed by atoms with Gasteiger partial charge in [-0.05, 0) is 43.2 Å². The van der Waals surface area contributed by atoms with E-state index in [1.165, 1.54) is 19.2 Å². The van der Waals surface area contributed by atoms with Gasteiger partial charge in [0.15, 0.2) is 0 Å². The minimum absolute atomic E-state index is 0.268. The van der Waals surface area contributed by atoms with Gasteiger partial charge in [0.1, 0.15) is 5.75 Å². The van der Waals surface area contributed by atoms with Gasteiger partial charge in [0.25, 0.3) is 0 Å². The molecule has 3 rings (SSSR count). The number of alkyl halides is 3. The van der Waals surface area contributed by atoms with Crippen LogP contribution in [0.25, 0.3) is 22.2 Å². The normalized spacial score (nSPS) is 11.5. The summed E-state index contributed by atoms with van der Waals surface area (Å²) in [5.74, 6) is -0.00753. The maximum Gasteiger partial charge on any atom is 0.416 e. The molecule has 1 aromatic heterocycles. The van der Waals surface area contributed by atoms with Crippen molar-refractivity contribution in [3.8, 4) is 17.0 Å². The lowest BCUT2D eigenvalue weighted by molar-refractivity contribution is -0.137.